The predicted octanol–water partition coefficient (Wildman–Crippen LogP) is 4.10. The average molecular weight is 336 g/mol. The summed E-state index contributed by atoms with van der Waals surface area (Å²) in [5, 5.41) is 10.8. The number of anilines is 1. The maximum absolute atomic E-state index is 12.1. The highest BCUT2D eigenvalue weighted by Crippen LogP contribution is 2.25. The molecule has 1 heterocycles. The van der Waals surface area contributed by atoms with Crippen molar-refractivity contribution in [3.63, 3.8) is 0 Å². The smallest absolute Gasteiger partial charge is 0.348 e. The van der Waals surface area contributed by atoms with Gasteiger partial charge >= 0.3 is 5.63 Å². The summed E-state index contributed by atoms with van der Waals surface area (Å²) in [6.07, 6.45) is 1.35. The van der Waals surface area contributed by atoms with E-state index in [2.05, 4.69) is 23.7 Å². The quantitative estimate of drug-likeness (QED) is 0.563. The van der Waals surface area contributed by atoms with E-state index in [0.29, 0.717) is 16.7 Å². The number of nitrogens with zero attached hydrogens (tertiary/aromatic N) is 2. The highest BCUT2D eigenvalue weighted by molar-refractivity contribution is 5.94. The molecule has 5 nitrogen and oxygen atoms in total. The Morgan fingerprint density at radius 2 is 1.76 bits per heavy atom. The number of hydrogen-bond acceptors (Lipinski definition) is 5. The molecule has 0 saturated carbocycles. The van der Waals surface area contributed by atoms with Crippen LogP contribution in [-0.4, -0.2) is 24.4 Å². The fourth-order valence-corrected chi connectivity index (χ4v) is 2.74. The molecule has 1 aromatic heterocycles. The van der Waals surface area contributed by atoms with Crippen LogP contribution in [0.5, 0.6) is 5.75 Å². The molecule has 128 valence electrons. The zero-order valence-corrected chi connectivity index (χ0v) is 14.3. The number of para-hydroxylation sites is 1. The molecule has 3 aromatic rings. The molecule has 2 aromatic carbocycles. The first-order valence-electron chi connectivity index (χ1n) is 8.28. The summed E-state index contributed by atoms with van der Waals surface area (Å²) < 4.78 is 5.23. The molecule has 0 radical (unpaired) electrons. The molecule has 0 unspecified atom stereocenters. The van der Waals surface area contributed by atoms with E-state index >= 15 is 0 Å². The Bertz CT molecular complexity index is 955. The van der Waals surface area contributed by atoms with Gasteiger partial charge in [0, 0.05) is 25.0 Å². The fraction of sp³-hybridized carbons (Fsp3) is 0.200. The van der Waals surface area contributed by atoms with Crippen LogP contribution < -0.4 is 10.5 Å². The summed E-state index contributed by atoms with van der Waals surface area (Å²) in [5.41, 5.74) is 1.61. The Morgan fingerprint density at radius 3 is 2.44 bits per heavy atom. The number of hydrogen-bond donors (Lipinski definition) is 1. The van der Waals surface area contributed by atoms with Gasteiger partial charge in [-0.15, -0.1) is 0 Å². The summed E-state index contributed by atoms with van der Waals surface area (Å²) in [7, 11) is 0. The van der Waals surface area contributed by atoms with Crippen molar-refractivity contribution >= 4 is 28.6 Å². The topological polar surface area (TPSA) is 66.0 Å². The molecule has 0 aliphatic heterocycles. The molecule has 0 atom stereocenters. The molecule has 0 aliphatic rings. The third-order valence-electron chi connectivity index (χ3n) is 4.14. The number of fused-ring (bicyclic) bond motifs is 1. The highest BCUT2D eigenvalue weighted by atomic mass is 16.4. The molecular weight excluding hydrogens is 316 g/mol. The highest BCUT2D eigenvalue weighted by Gasteiger charge is 2.11. The van der Waals surface area contributed by atoms with Crippen molar-refractivity contribution in [2.24, 2.45) is 4.99 Å². The molecule has 0 saturated heterocycles. The Hall–Kier alpha value is -3.08. The van der Waals surface area contributed by atoms with Gasteiger partial charge in [0.2, 0.25) is 0 Å². The van der Waals surface area contributed by atoms with Gasteiger partial charge in [0.05, 0.1) is 11.1 Å². The van der Waals surface area contributed by atoms with Crippen LogP contribution in [0.3, 0.4) is 0 Å². The minimum atomic E-state index is -0.611. The van der Waals surface area contributed by atoms with Crippen LogP contribution in [0.25, 0.3) is 11.0 Å². The fourth-order valence-electron chi connectivity index (χ4n) is 2.74. The predicted molar refractivity (Wildman–Crippen MR) is 101 cm³/mol. The molecule has 0 aliphatic carbocycles. The second-order valence-electron chi connectivity index (χ2n) is 5.59. The van der Waals surface area contributed by atoms with Crippen LogP contribution in [-0.2, 0) is 0 Å². The molecule has 0 spiro atoms. The van der Waals surface area contributed by atoms with E-state index in [9.17, 15) is 9.90 Å². The molecule has 1 N–H and O–H groups in total. The van der Waals surface area contributed by atoms with Crippen LogP contribution in [0.15, 0.2) is 62.7 Å². The summed E-state index contributed by atoms with van der Waals surface area (Å²) in [4.78, 5) is 18.6. The van der Waals surface area contributed by atoms with Gasteiger partial charge < -0.3 is 14.4 Å². The average Bonchev–Trinajstić information content (AvgIpc) is 2.64. The van der Waals surface area contributed by atoms with E-state index in [1.165, 1.54) is 6.21 Å². The Labute approximate surface area is 145 Å². The van der Waals surface area contributed by atoms with E-state index in [4.69, 9.17) is 4.42 Å². The number of aliphatic imine (C=N–C) groups is 1. The van der Waals surface area contributed by atoms with Gasteiger partial charge in [0.1, 0.15) is 16.9 Å². The first kappa shape index (κ1) is 16.8. The van der Waals surface area contributed by atoms with Crippen molar-refractivity contribution in [1.82, 2.24) is 0 Å². The number of aromatic hydroxyl groups is 1. The molecule has 0 amide bonds. The summed E-state index contributed by atoms with van der Waals surface area (Å²) in [5.74, 6) is -0.115. The molecular formula is C20H20N2O3. The van der Waals surface area contributed by atoms with E-state index < -0.39 is 5.63 Å². The Kier molecular flexibility index (Phi) is 4.84. The monoisotopic (exact) mass is 336 g/mol. The zero-order chi connectivity index (χ0) is 17.8. The molecule has 25 heavy (non-hydrogen) atoms. The normalized spacial score (nSPS) is 11.3. The lowest BCUT2D eigenvalue weighted by Crippen LogP contribution is -2.21. The van der Waals surface area contributed by atoms with E-state index in [1.54, 1.807) is 24.3 Å². The molecule has 3 rings (SSSR count). The van der Waals surface area contributed by atoms with Gasteiger partial charge in [-0.3, -0.25) is 4.99 Å². The lowest BCUT2D eigenvalue weighted by atomic mass is 10.1. The van der Waals surface area contributed by atoms with Gasteiger partial charge in [-0.25, -0.2) is 4.79 Å². The van der Waals surface area contributed by atoms with Gasteiger partial charge in [-0.1, -0.05) is 12.1 Å². The Balaban J connectivity index is 1.92. The van der Waals surface area contributed by atoms with Crippen LogP contribution >= 0.6 is 0 Å². The van der Waals surface area contributed by atoms with Gasteiger partial charge in [-0.2, -0.15) is 0 Å². The van der Waals surface area contributed by atoms with Gasteiger partial charge in [0.25, 0.3) is 0 Å². The Morgan fingerprint density at radius 1 is 1.08 bits per heavy atom. The van der Waals surface area contributed by atoms with Gasteiger partial charge in [0.15, 0.2) is 0 Å². The zero-order valence-electron chi connectivity index (χ0n) is 14.3. The lowest BCUT2D eigenvalue weighted by Gasteiger charge is -2.20. The van der Waals surface area contributed by atoms with Crippen molar-refractivity contribution in [3.8, 4) is 5.75 Å². The minimum Gasteiger partial charge on any atom is -0.506 e. The van der Waals surface area contributed by atoms with Crippen LogP contribution in [0.4, 0.5) is 11.4 Å². The maximum atomic E-state index is 12.1. The second-order valence-corrected chi connectivity index (χ2v) is 5.59. The van der Waals surface area contributed by atoms with E-state index in [1.807, 2.05) is 24.3 Å². The first-order valence-corrected chi connectivity index (χ1v) is 8.28. The first-order chi connectivity index (χ1) is 12.1. The van der Waals surface area contributed by atoms with Crippen molar-refractivity contribution < 1.29 is 9.52 Å². The van der Waals surface area contributed by atoms with Crippen molar-refractivity contribution in [2.45, 2.75) is 13.8 Å². The third kappa shape index (κ3) is 3.40. The van der Waals surface area contributed by atoms with Crippen LogP contribution in [0.1, 0.15) is 19.4 Å². The van der Waals surface area contributed by atoms with E-state index in [0.717, 1.165) is 18.8 Å². The summed E-state index contributed by atoms with van der Waals surface area (Å²) >= 11 is 0. The minimum absolute atomic E-state index is 0.0477. The van der Waals surface area contributed by atoms with Gasteiger partial charge in [-0.05, 0) is 50.2 Å². The summed E-state index contributed by atoms with van der Waals surface area (Å²) in [6, 6.07) is 14.6. The lowest BCUT2D eigenvalue weighted by molar-refractivity contribution is 0.466. The van der Waals surface area contributed by atoms with Crippen molar-refractivity contribution in [1.29, 1.82) is 0 Å². The molecule has 0 fully saturated rings. The number of rotatable bonds is 5. The van der Waals surface area contributed by atoms with Crippen LogP contribution in [0.2, 0.25) is 0 Å². The second kappa shape index (κ2) is 7.21. The summed E-state index contributed by atoms with van der Waals surface area (Å²) in [6.45, 7) is 6.09. The standard InChI is InChI=1S/C20H20N2O3/c1-3-22(4-2)15-11-9-14(10-12-15)21-13-17-19(23)16-7-5-6-8-18(16)25-20(17)24/h5-13,23H,3-4H2,1-2H3. The van der Waals surface area contributed by atoms with Crippen molar-refractivity contribution in [3.05, 3.63) is 64.5 Å². The molecule has 5 heteroatoms. The number of benzene rings is 2. The SMILES string of the molecule is CCN(CC)c1ccc(N=Cc2c(O)c3ccccc3oc2=O)cc1. The maximum Gasteiger partial charge on any atom is 0.348 e. The largest absolute Gasteiger partial charge is 0.506 e. The third-order valence-corrected chi connectivity index (χ3v) is 4.14. The van der Waals surface area contributed by atoms with Crippen LogP contribution in [0, 0.1) is 0 Å². The van der Waals surface area contributed by atoms with Crippen molar-refractivity contribution in [2.75, 3.05) is 18.0 Å². The van der Waals surface area contributed by atoms with E-state index in [-0.39, 0.29) is 11.3 Å². The molecule has 0 bridgehead atoms.